The molecule has 36 heavy (non-hydrogen) atoms. The highest BCUT2D eigenvalue weighted by Crippen LogP contribution is 2.28. The summed E-state index contributed by atoms with van der Waals surface area (Å²) in [4.78, 5) is 15.3. The Morgan fingerprint density at radius 2 is 1.50 bits per heavy atom. The maximum absolute atomic E-state index is 12.8. The standard InChI is InChI=1S/C29H35N3O3S/c1-22-9-8-10-23(2)28(22)32(36(3,34)35)20-24-13-15-25(16-14-24)29(33)30-19-26-11-4-5-12-27(26)21-31-17-6-7-18-31/h4-5,8-16H,6-7,17-21H2,1-3H3,(H,30,33). The van der Waals surface area contributed by atoms with Gasteiger partial charge >= 0.3 is 0 Å². The number of aryl methyl sites for hydroxylation is 2. The zero-order chi connectivity index (χ0) is 25.7. The number of rotatable bonds is 9. The molecule has 0 spiro atoms. The van der Waals surface area contributed by atoms with Gasteiger partial charge in [-0.3, -0.25) is 14.0 Å². The molecule has 0 bridgehead atoms. The first-order chi connectivity index (χ1) is 17.2. The molecule has 1 aliphatic rings. The summed E-state index contributed by atoms with van der Waals surface area (Å²) >= 11 is 0. The minimum atomic E-state index is -3.49. The number of likely N-dealkylation sites (tertiary alicyclic amines) is 1. The molecule has 1 amide bonds. The molecule has 1 heterocycles. The normalized spacial score (nSPS) is 14.1. The second-order valence-electron chi connectivity index (χ2n) is 9.64. The van der Waals surface area contributed by atoms with Crippen LogP contribution >= 0.6 is 0 Å². The fourth-order valence-electron chi connectivity index (χ4n) is 4.83. The van der Waals surface area contributed by atoms with E-state index in [0.717, 1.165) is 41.9 Å². The number of hydrogen-bond acceptors (Lipinski definition) is 4. The van der Waals surface area contributed by atoms with Crippen LogP contribution in [0.2, 0.25) is 0 Å². The van der Waals surface area contributed by atoms with Crippen molar-refractivity contribution in [2.45, 2.75) is 46.3 Å². The largest absolute Gasteiger partial charge is 0.348 e. The van der Waals surface area contributed by atoms with Crippen LogP contribution in [0.25, 0.3) is 0 Å². The van der Waals surface area contributed by atoms with Gasteiger partial charge in [0.2, 0.25) is 10.0 Å². The lowest BCUT2D eigenvalue weighted by Crippen LogP contribution is -2.30. The van der Waals surface area contributed by atoms with E-state index in [1.807, 2.05) is 56.3 Å². The predicted molar refractivity (Wildman–Crippen MR) is 146 cm³/mol. The molecule has 190 valence electrons. The highest BCUT2D eigenvalue weighted by atomic mass is 32.2. The van der Waals surface area contributed by atoms with Crippen molar-refractivity contribution in [1.82, 2.24) is 10.2 Å². The Morgan fingerprint density at radius 3 is 2.11 bits per heavy atom. The zero-order valence-corrected chi connectivity index (χ0v) is 22.1. The van der Waals surface area contributed by atoms with Crippen molar-refractivity contribution in [3.63, 3.8) is 0 Å². The maximum atomic E-state index is 12.8. The minimum absolute atomic E-state index is 0.146. The van der Waals surface area contributed by atoms with Gasteiger partial charge in [0.1, 0.15) is 0 Å². The molecular formula is C29H35N3O3S. The summed E-state index contributed by atoms with van der Waals surface area (Å²) in [5, 5.41) is 3.04. The average molecular weight is 506 g/mol. The summed E-state index contributed by atoms with van der Waals surface area (Å²) < 4.78 is 26.7. The van der Waals surface area contributed by atoms with E-state index in [0.29, 0.717) is 17.8 Å². The number of carbonyl (C=O) groups excluding carboxylic acids is 1. The van der Waals surface area contributed by atoms with E-state index in [-0.39, 0.29) is 12.5 Å². The number of nitrogens with zero attached hydrogens (tertiary/aromatic N) is 2. The van der Waals surface area contributed by atoms with Gasteiger partial charge in [0.25, 0.3) is 5.91 Å². The monoisotopic (exact) mass is 505 g/mol. The number of nitrogens with one attached hydrogen (secondary N) is 1. The lowest BCUT2D eigenvalue weighted by molar-refractivity contribution is 0.0950. The molecule has 0 aromatic heterocycles. The molecule has 3 aromatic carbocycles. The first-order valence-electron chi connectivity index (χ1n) is 12.4. The molecular weight excluding hydrogens is 470 g/mol. The fourth-order valence-corrected chi connectivity index (χ4v) is 5.84. The predicted octanol–water partition coefficient (Wildman–Crippen LogP) is 4.80. The number of amides is 1. The lowest BCUT2D eigenvalue weighted by Gasteiger charge is -2.26. The van der Waals surface area contributed by atoms with Gasteiger partial charge in [-0.15, -0.1) is 0 Å². The average Bonchev–Trinajstić information content (AvgIpc) is 3.35. The second kappa shape index (κ2) is 11.3. The molecule has 0 saturated carbocycles. The van der Waals surface area contributed by atoms with Crippen molar-refractivity contribution in [1.29, 1.82) is 0 Å². The summed E-state index contributed by atoms with van der Waals surface area (Å²) in [5.74, 6) is -0.146. The SMILES string of the molecule is Cc1cccc(C)c1N(Cc1ccc(C(=O)NCc2ccccc2CN2CCCC2)cc1)S(C)(=O)=O. The van der Waals surface area contributed by atoms with Crippen LogP contribution in [-0.2, 0) is 29.7 Å². The first-order valence-corrected chi connectivity index (χ1v) is 14.3. The Morgan fingerprint density at radius 1 is 0.889 bits per heavy atom. The molecule has 1 fully saturated rings. The van der Waals surface area contributed by atoms with Gasteiger partial charge in [-0.05, 0) is 79.7 Å². The van der Waals surface area contributed by atoms with Gasteiger partial charge in [0.05, 0.1) is 18.5 Å². The Hall–Kier alpha value is -3.16. The molecule has 0 unspecified atom stereocenters. The summed E-state index contributed by atoms with van der Waals surface area (Å²) in [6.45, 7) is 7.68. The summed E-state index contributed by atoms with van der Waals surface area (Å²) in [7, 11) is -3.49. The molecule has 0 aliphatic carbocycles. The molecule has 0 radical (unpaired) electrons. The van der Waals surface area contributed by atoms with Gasteiger partial charge < -0.3 is 5.32 Å². The molecule has 3 aromatic rings. The third-order valence-electron chi connectivity index (χ3n) is 6.78. The molecule has 1 aliphatic heterocycles. The van der Waals surface area contributed by atoms with Gasteiger partial charge in [-0.2, -0.15) is 0 Å². The Kier molecular flexibility index (Phi) is 8.11. The Labute approximate surface area is 215 Å². The van der Waals surface area contributed by atoms with Crippen LogP contribution in [0.15, 0.2) is 66.7 Å². The maximum Gasteiger partial charge on any atom is 0.251 e. The van der Waals surface area contributed by atoms with Gasteiger partial charge in [-0.25, -0.2) is 8.42 Å². The van der Waals surface area contributed by atoms with E-state index in [2.05, 4.69) is 22.3 Å². The van der Waals surface area contributed by atoms with E-state index in [9.17, 15) is 13.2 Å². The zero-order valence-electron chi connectivity index (χ0n) is 21.3. The van der Waals surface area contributed by atoms with Crippen molar-refractivity contribution in [2.75, 3.05) is 23.7 Å². The number of sulfonamides is 1. The van der Waals surface area contributed by atoms with Crippen LogP contribution in [0.1, 0.15) is 51.0 Å². The van der Waals surface area contributed by atoms with Crippen LogP contribution in [0.5, 0.6) is 0 Å². The number of carbonyl (C=O) groups is 1. The number of para-hydroxylation sites is 1. The van der Waals surface area contributed by atoms with Crippen LogP contribution in [0.4, 0.5) is 5.69 Å². The number of hydrogen-bond donors (Lipinski definition) is 1. The van der Waals surface area contributed by atoms with Crippen molar-refractivity contribution in [3.8, 4) is 0 Å². The third-order valence-corrected chi connectivity index (χ3v) is 7.89. The first kappa shape index (κ1) is 25.9. The number of anilines is 1. The smallest absolute Gasteiger partial charge is 0.251 e. The van der Waals surface area contributed by atoms with E-state index in [1.54, 1.807) is 12.1 Å². The van der Waals surface area contributed by atoms with Crippen LogP contribution in [0.3, 0.4) is 0 Å². The van der Waals surface area contributed by atoms with Gasteiger partial charge in [0.15, 0.2) is 0 Å². The van der Waals surface area contributed by atoms with Gasteiger partial charge in [-0.1, -0.05) is 54.6 Å². The summed E-state index contributed by atoms with van der Waals surface area (Å²) in [6.07, 6.45) is 3.73. The van der Waals surface area contributed by atoms with Crippen LogP contribution < -0.4 is 9.62 Å². The highest BCUT2D eigenvalue weighted by Gasteiger charge is 2.21. The van der Waals surface area contributed by atoms with Crippen LogP contribution in [-0.4, -0.2) is 38.6 Å². The molecule has 7 heteroatoms. The molecule has 4 rings (SSSR count). The molecule has 6 nitrogen and oxygen atoms in total. The fraction of sp³-hybridized carbons (Fsp3) is 0.345. The summed E-state index contributed by atoms with van der Waals surface area (Å²) in [6, 6.07) is 21.2. The number of benzene rings is 3. The van der Waals surface area contributed by atoms with Gasteiger partial charge in [0, 0.05) is 18.7 Å². The Bertz CT molecular complexity index is 1290. The van der Waals surface area contributed by atoms with Crippen molar-refractivity contribution in [2.24, 2.45) is 0 Å². The third kappa shape index (κ3) is 6.33. The molecule has 1 saturated heterocycles. The van der Waals surface area contributed by atoms with Crippen molar-refractivity contribution >= 4 is 21.6 Å². The van der Waals surface area contributed by atoms with E-state index < -0.39 is 10.0 Å². The molecule has 0 atom stereocenters. The second-order valence-corrected chi connectivity index (χ2v) is 11.5. The topological polar surface area (TPSA) is 69.7 Å². The van der Waals surface area contributed by atoms with Crippen molar-refractivity contribution < 1.29 is 13.2 Å². The van der Waals surface area contributed by atoms with Crippen LogP contribution in [0, 0.1) is 13.8 Å². The molecule has 1 N–H and O–H groups in total. The van der Waals surface area contributed by atoms with E-state index in [4.69, 9.17) is 0 Å². The summed E-state index contributed by atoms with van der Waals surface area (Å²) in [5.41, 5.74) is 6.26. The van der Waals surface area contributed by atoms with E-state index >= 15 is 0 Å². The van der Waals surface area contributed by atoms with Crippen molar-refractivity contribution in [3.05, 3.63) is 100 Å². The quantitative estimate of drug-likeness (QED) is 0.454. The highest BCUT2D eigenvalue weighted by molar-refractivity contribution is 7.92. The Balaban J connectivity index is 1.43. The lowest BCUT2D eigenvalue weighted by atomic mass is 10.1. The van der Waals surface area contributed by atoms with E-state index in [1.165, 1.54) is 29.0 Å². The minimum Gasteiger partial charge on any atom is -0.348 e.